The lowest BCUT2D eigenvalue weighted by Crippen LogP contribution is -2.36. The molecule has 1 N–H and O–H groups in total. The van der Waals surface area contributed by atoms with E-state index < -0.39 is 0 Å². The van der Waals surface area contributed by atoms with Crippen molar-refractivity contribution in [3.8, 4) is 0 Å². The van der Waals surface area contributed by atoms with Crippen LogP contribution in [0.25, 0.3) is 0 Å². The first-order valence-corrected chi connectivity index (χ1v) is 5.42. The molecule has 0 bridgehead atoms. The van der Waals surface area contributed by atoms with Crippen LogP contribution in [0.1, 0.15) is 37.9 Å². The van der Waals surface area contributed by atoms with Crippen molar-refractivity contribution in [2.75, 3.05) is 0 Å². The van der Waals surface area contributed by atoms with Crippen molar-refractivity contribution in [3.05, 3.63) is 32.1 Å². The fraction of sp³-hybridized carbons (Fsp3) is 0.636. The maximum atomic E-state index is 11.8. The summed E-state index contributed by atoms with van der Waals surface area (Å²) in [6, 6.07) is 0. The summed E-state index contributed by atoms with van der Waals surface area (Å²) in [5, 5.41) is 0. The van der Waals surface area contributed by atoms with Crippen molar-refractivity contribution in [1.29, 1.82) is 0 Å². The average Bonchev–Trinajstić information content (AvgIpc) is 2.24. The Labute approximate surface area is 89.0 Å². The first kappa shape index (κ1) is 11.8. The Bertz CT molecular complexity index is 443. The van der Waals surface area contributed by atoms with Crippen LogP contribution in [-0.4, -0.2) is 9.55 Å². The number of nitrogens with one attached hydrogen (secondary N) is 1. The second-order valence-electron chi connectivity index (χ2n) is 3.71. The first-order chi connectivity index (χ1) is 7.11. The van der Waals surface area contributed by atoms with Gasteiger partial charge in [-0.1, -0.05) is 20.3 Å². The molecule has 0 atom stereocenters. The van der Waals surface area contributed by atoms with Gasteiger partial charge in [-0.2, -0.15) is 0 Å². The number of aryl methyl sites for hydroxylation is 1. The molecule has 84 valence electrons. The van der Waals surface area contributed by atoms with E-state index >= 15 is 0 Å². The summed E-state index contributed by atoms with van der Waals surface area (Å²) in [6.07, 6.45) is 3.48. The standard InChI is InChI=1S/C11H18N2O2/c1-4-6-7-8-9(5-2)12-11(15)13(3)10(8)14/h4-7H2,1-3H3,(H,12,15). The minimum Gasteiger partial charge on any atom is -0.311 e. The van der Waals surface area contributed by atoms with E-state index in [1.54, 1.807) is 0 Å². The predicted molar refractivity (Wildman–Crippen MR) is 60.3 cm³/mol. The van der Waals surface area contributed by atoms with Crippen LogP contribution in [0.5, 0.6) is 0 Å². The maximum absolute atomic E-state index is 11.8. The molecule has 4 heteroatoms. The molecule has 4 nitrogen and oxygen atoms in total. The summed E-state index contributed by atoms with van der Waals surface area (Å²) in [6.45, 7) is 4.03. The number of H-pyrrole nitrogens is 1. The summed E-state index contributed by atoms with van der Waals surface area (Å²) in [5.74, 6) is 0. The van der Waals surface area contributed by atoms with E-state index in [4.69, 9.17) is 0 Å². The zero-order chi connectivity index (χ0) is 11.4. The van der Waals surface area contributed by atoms with Crippen molar-refractivity contribution in [1.82, 2.24) is 9.55 Å². The Hall–Kier alpha value is -1.32. The van der Waals surface area contributed by atoms with Crippen molar-refractivity contribution in [2.24, 2.45) is 7.05 Å². The van der Waals surface area contributed by atoms with E-state index in [0.29, 0.717) is 6.42 Å². The summed E-state index contributed by atoms with van der Waals surface area (Å²) in [7, 11) is 1.51. The molecule has 0 fully saturated rings. The van der Waals surface area contributed by atoms with Gasteiger partial charge in [0.2, 0.25) is 0 Å². The highest BCUT2D eigenvalue weighted by molar-refractivity contribution is 5.17. The van der Waals surface area contributed by atoms with E-state index in [0.717, 1.165) is 35.1 Å². The zero-order valence-corrected chi connectivity index (χ0v) is 9.59. The van der Waals surface area contributed by atoms with Crippen LogP contribution in [0, 0.1) is 0 Å². The number of aromatic amines is 1. The van der Waals surface area contributed by atoms with Gasteiger partial charge in [-0.15, -0.1) is 0 Å². The minimum absolute atomic E-state index is 0.149. The molecule has 0 saturated carbocycles. The molecule has 1 aromatic heterocycles. The van der Waals surface area contributed by atoms with Crippen LogP contribution >= 0.6 is 0 Å². The number of nitrogens with zero attached hydrogens (tertiary/aromatic N) is 1. The van der Waals surface area contributed by atoms with Crippen molar-refractivity contribution in [2.45, 2.75) is 39.5 Å². The maximum Gasteiger partial charge on any atom is 0.328 e. The highest BCUT2D eigenvalue weighted by Gasteiger charge is 2.09. The van der Waals surface area contributed by atoms with E-state index in [9.17, 15) is 9.59 Å². The van der Waals surface area contributed by atoms with Gasteiger partial charge in [0, 0.05) is 18.3 Å². The fourth-order valence-corrected chi connectivity index (χ4v) is 1.63. The van der Waals surface area contributed by atoms with Gasteiger partial charge in [-0.05, 0) is 19.3 Å². The van der Waals surface area contributed by atoms with Crippen LogP contribution in [0.2, 0.25) is 0 Å². The van der Waals surface area contributed by atoms with Crippen LogP contribution in [0.15, 0.2) is 9.59 Å². The van der Waals surface area contributed by atoms with E-state index in [1.165, 1.54) is 7.05 Å². The molecule has 0 unspecified atom stereocenters. The highest BCUT2D eigenvalue weighted by Crippen LogP contribution is 2.04. The first-order valence-electron chi connectivity index (χ1n) is 5.42. The second-order valence-corrected chi connectivity index (χ2v) is 3.71. The molecule has 1 heterocycles. The summed E-state index contributed by atoms with van der Waals surface area (Å²) in [4.78, 5) is 25.9. The zero-order valence-electron chi connectivity index (χ0n) is 9.59. The lowest BCUT2D eigenvalue weighted by molar-refractivity contribution is 0.701. The second kappa shape index (κ2) is 4.96. The minimum atomic E-state index is -0.322. The Morgan fingerprint density at radius 3 is 2.47 bits per heavy atom. The molecule has 1 rings (SSSR count). The average molecular weight is 210 g/mol. The molecule has 0 amide bonds. The molecule has 0 spiro atoms. The smallest absolute Gasteiger partial charge is 0.311 e. The van der Waals surface area contributed by atoms with Crippen molar-refractivity contribution < 1.29 is 0 Å². The Morgan fingerprint density at radius 2 is 1.93 bits per heavy atom. The van der Waals surface area contributed by atoms with Gasteiger partial charge in [-0.25, -0.2) is 4.79 Å². The summed E-state index contributed by atoms with van der Waals surface area (Å²) in [5.41, 5.74) is 1.08. The molecular weight excluding hydrogens is 192 g/mol. The van der Waals surface area contributed by atoms with Gasteiger partial charge in [0.25, 0.3) is 5.56 Å². The monoisotopic (exact) mass is 210 g/mol. The molecule has 15 heavy (non-hydrogen) atoms. The summed E-state index contributed by atoms with van der Waals surface area (Å²) >= 11 is 0. The molecule has 1 aromatic rings. The normalized spacial score (nSPS) is 10.6. The molecule has 0 aliphatic heterocycles. The van der Waals surface area contributed by atoms with E-state index in [-0.39, 0.29) is 11.2 Å². The Morgan fingerprint density at radius 1 is 1.27 bits per heavy atom. The van der Waals surface area contributed by atoms with Crippen LogP contribution < -0.4 is 11.2 Å². The van der Waals surface area contributed by atoms with Gasteiger partial charge >= 0.3 is 5.69 Å². The van der Waals surface area contributed by atoms with Crippen LogP contribution in [0.4, 0.5) is 0 Å². The Balaban J connectivity index is 3.28. The summed E-state index contributed by atoms with van der Waals surface area (Å²) < 4.78 is 1.14. The third kappa shape index (κ3) is 2.37. The third-order valence-corrected chi connectivity index (χ3v) is 2.62. The quantitative estimate of drug-likeness (QED) is 0.805. The lowest BCUT2D eigenvalue weighted by Gasteiger charge is -2.07. The van der Waals surface area contributed by atoms with Gasteiger partial charge in [-0.3, -0.25) is 9.36 Å². The predicted octanol–water partition coefficient (Wildman–Crippen LogP) is 0.979. The van der Waals surface area contributed by atoms with Crippen molar-refractivity contribution in [3.63, 3.8) is 0 Å². The van der Waals surface area contributed by atoms with Gasteiger partial charge in [0.05, 0.1) is 0 Å². The van der Waals surface area contributed by atoms with Gasteiger partial charge in [0.1, 0.15) is 0 Å². The van der Waals surface area contributed by atoms with Crippen molar-refractivity contribution >= 4 is 0 Å². The molecule has 0 aliphatic rings. The van der Waals surface area contributed by atoms with Crippen LogP contribution in [0.3, 0.4) is 0 Å². The molecule has 0 aromatic carbocycles. The highest BCUT2D eigenvalue weighted by atomic mass is 16.2. The third-order valence-electron chi connectivity index (χ3n) is 2.62. The SMILES string of the molecule is CCCCc1c(CC)[nH]c(=O)n(C)c1=O. The fourth-order valence-electron chi connectivity index (χ4n) is 1.63. The molecule has 0 saturated heterocycles. The number of hydrogen-bond acceptors (Lipinski definition) is 2. The number of aromatic nitrogens is 2. The molecule has 0 radical (unpaired) electrons. The molecular formula is C11H18N2O2. The number of hydrogen-bond donors (Lipinski definition) is 1. The van der Waals surface area contributed by atoms with E-state index in [1.807, 2.05) is 6.92 Å². The molecule has 0 aliphatic carbocycles. The number of rotatable bonds is 4. The largest absolute Gasteiger partial charge is 0.328 e. The van der Waals surface area contributed by atoms with E-state index in [2.05, 4.69) is 11.9 Å². The number of unbranched alkanes of at least 4 members (excludes halogenated alkanes) is 1. The lowest BCUT2D eigenvalue weighted by atomic mass is 10.1. The van der Waals surface area contributed by atoms with Gasteiger partial charge in [0.15, 0.2) is 0 Å². The van der Waals surface area contributed by atoms with Gasteiger partial charge < -0.3 is 4.98 Å². The Kier molecular flexibility index (Phi) is 3.88. The topological polar surface area (TPSA) is 54.9 Å². The van der Waals surface area contributed by atoms with Crippen LogP contribution in [-0.2, 0) is 19.9 Å².